The number of nitrogens with one attached hydrogen (secondary N) is 5. The van der Waals surface area contributed by atoms with E-state index in [1.54, 1.807) is 0 Å². The summed E-state index contributed by atoms with van der Waals surface area (Å²) in [6.45, 7) is 3.92. The fourth-order valence-corrected chi connectivity index (χ4v) is 3.42. The Morgan fingerprint density at radius 2 is 1.43 bits per heavy atom. The van der Waals surface area contributed by atoms with Crippen molar-refractivity contribution in [2.24, 2.45) is 11.7 Å². The van der Waals surface area contributed by atoms with E-state index in [9.17, 15) is 33.6 Å². The molecule has 14 heteroatoms. The van der Waals surface area contributed by atoms with Gasteiger partial charge in [-0.2, -0.15) is 0 Å². The number of carbonyl (C=O) groups is 7. The fraction of sp³-hybridized carbons (Fsp3) is 0.667. The van der Waals surface area contributed by atoms with Crippen LogP contribution in [-0.2, 0) is 33.6 Å². The molecular weight excluding hydrogens is 462 g/mol. The molecule has 7 amide bonds. The monoisotopic (exact) mass is 497 g/mol. The van der Waals surface area contributed by atoms with E-state index in [4.69, 9.17) is 5.73 Å². The summed E-state index contributed by atoms with van der Waals surface area (Å²) in [6.07, 6.45) is 1.27. The van der Waals surface area contributed by atoms with E-state index in [1.807, 2.05) is 13.8 Å². The Labute approximate surface area is 203 Å². The summed E-state index contributed by atoms with van der Waals surface area (Å²) < 4.78 is 0. The van der Waals surface area contributed by atoms with Gasteiger partial charge in [0.25, 0.3) is 0 Å². The highest BCUT2D eigenvalue weighted by atomic mass is 16.2. The summed E-state index contributed by atoms with van der Waals surface area (Å²) in [5.41, 5.74) is 4.95. The van der Waals surface area contributed by atoms with Gasteiger partial charge in [-0.15, -0.1) is 0 Å². The normalized spacial score (nSPS) is 15.7. The van der Waals surface area contributed by atoms with Crippen molar-refractivity contribution in [3.63, 3.8) is 0 Å². The maximum absolute atomic E-state index is 13.2. The summed E-state index contributed by atoms with van der Waals surface area (Å²) >= 11 is 0. The third-order valence-electron chi connectivity index (χ3n) is 5.01. The van der Waals surface area contributed by atoms with Crippen molar-refractivity contribution in [2.45, 2.75) is 52.1 Å². The fourth-order valence-electron chi connectivity index (χ4n) is 3.42. The molecule has 1 aliphatic rings. The Bertz CT molecular complexity index is 831. The zero-order chi connectivity index (χ0) is 26.5. The predicted molar refractivity (Wildman–Crippen MR) is 123 cm³/mol. The first-order valence-electron chi connectivity index (χ1n) is 11.3. The topological polar surface area (TPSA) is 209 Å². The highest BCUT2D eigenvalue weighted by Gasteiger charge is 2.37. The van der Waals surface area contributed by atoms with Crippen molar-refractivity contribution in [3.05, 3.63) is 0 Å². The van der Waals surface area contributed by atoms with Crippen LogP contribution in [0, 0.1) is 5.92 Å². The molecule has 1 aliphatic heterocycles. The number of carbonyl (C=O) groups excluding carboxylic acids is 7. The van der Waals surface area contributed by atoms with Crippen LogP contribution in [0.1, 0.15) is 40.0 Å². The zero-order valence-electron chi connectivity index (χ0n) is 20.3. The summed E-state index contributed by atoms with van der Waals surface area (Å²) in [6, 6.07) is -1.72. The molecule has 0 unspecified atom stereocenters. The second-order valence-corrected chi connectivity index (χ2v) is 8.59. The van der Waals surface area contributed by atoms with Crippen molar-refractivity contribution in [1.82, 2.24) is 31.5 Å². The van der Waals surface area contributed by atoms with Crippen molar-refractivity contribution < 1.29 is 33.6 Å². The van der Waals surface area contributed by atoms with Gasteiger partial charge >= 0.3 is 0 Å². The highest BCUT2D eigenvalue weighted by molar-refractivity contribution is 5.95. The molecule has 1 fully saturated rings. The Morgan fingerprint density at radius 3 is 2.00 bits per heavy atom. The predicted octanol–water partition coefficient (Wildman–Crippen LogP) is -3.52. The molecule has 0 spiro atoms. The lowest BCUT2D eigenvalue weighted by atomic mass is 10.0. The van der Waals surface area contributed by atoms with Crippen LogP contribution in [0.4, 0.5) is 0 Å². The van der Waals surface area contributed by atoms with Crippen LogP contribution in [-0.4, -0.2) is 91.1 Å². The standard InChI is InChI=1S/C21H35N7O7/c1-12(2)7-14(27-19(33)11-25-17(31)9-23-13(3)29)21(35)28-6-4-5-15(28)20(34)26-10-18(32)24-8-16(22)30/h12,14-15H,4-11H2,1-3H3,(H2,22,30)(H,23,29)(H,24,32)(H,25,31)(H,26,34)(H,27,33)/t14-,15-/m0/s1. The van der Waals surface area contributed by atoms with E-state index in [2.05, 4.69) is 26.6 Å². The first-order valence-corrected chi connectivity index (χ1v) is 11.3. The molecule has 196 valence electrons. The van der Waals surface area contributed by atoms with Crippen LogP contribution in [0.15, 0.2) is 0 Å². The molecule has 7 N–H and O–H groups in total. The van der Waals surface area contributed by atoms with Crippen molar-refractivity contribution in [2.75, 3.05) is 32.7 Å². The lowest BCUT2D eigenvalue weighted by Gasteiger charge is -2.29. The summed E-state index contributed by atoms with van der Waals surface area (Å²) in [5.74, 6) is -3.77. The van der Waals surface area contributed by atoms with Gasteiger partial charge in [-0.25, -0.2) is 0 Å². The Hall–Kier alpha value is -3.71. The molecule has 0 radical (unpaired) electrons. The van der Waals surface area contributed by atoms with Gasteiger partial charge in [0.05, 0.1) is 26.2 Å². The van der Waals surface area contributed by atoms with Crippen LogP contribution in [0.5, 0.6) is 0 Å². The van der Waals surface area contributed by atoms with Crippen molar-refractivity contribution in [3.8, 4) is 0 Å². The van der Waals surface area contributed by atoms with Gasteiger partial charge in [0.15, 0.2) is 0 Å². The van der Waals surface area contributed by atoms with Gasteiger partial charge in [-0.3, -0.25) is 33.6 Å². The van der Waals surface area contributed by atoms with E-state index in [0.717, 1.165) is 0 Å². The van der Waals surface area contributed by atoms with Gasteiger partial charge in [0.2, 0.25) is 41.4 Å². The van der Waals surface area contributed by atoms with Gasteiger partial charge in [0, 0.05) is 13.5 Å². The van der Waals surface area contributed by atoms with Gasteiger partial charge in [0.1, 0.15) is 12.1 Å². The second kappa shape index (κ2) is 14.5. The molecule has 0 saturated carbocycles. The van der Waals surface area contributed by atoms with Crippen LogP contribution < -0.4 is 32.3 Å². The average molecular weight is 498 g/mol. The molecule has 0 aromatic rings. The molecule has 0 aromatic heterocycles. The summed E-state index contributed by atoms with van der Waals surface area (Å²) in [4.78, 5) is 84.5. The molecule has 0 aromatic carbocycles. The first-order chi connectivity index (χ1) is 16.4. The number of amides is 7. The van der Waals surface area contributed by atoms with Crippen molar-refractivity contribution in [1.29, 1.82) is 0 Å². The third kappa shape index (κ3) is 11.3. The van der Waals surface area contributed by atoms with Crippen LogP contribution in [0.3, 0.4) is 0 Å². The van der Waals surface area contributed by atoms with E-state index >= 15 is 0 Å². The number of primary amides is 1. The van der Waals surface area contributed by atoms with Crippen molar-refractivity contribution >= 4 is 41.4 Å². The number of nitrogens with zero attached hydrogens (tertiary/aromatic N) is 1. The van der Waals surface area contributed by atoms with Gasteiger partial charge < -0.3 is 37.2 Å². The molecule has 0 aliphatic carbocycles. The van der Waals surface area contributed by atoms with Crippen LogP contribution in [0.2, 0.25) is 0 Å². The van der Waals surface area contributed by atoms with Crippen LogP contribution in [0.25, 0.3) is 0 Å². The number of nitrogens with two attached hydrogens (primary N) is 1. The Balaban J connectivity index is 2.70. The molecule has 1 rings (SSSR count). The number of likely N-dealkylation sites (tertiary alicyclic amines) is 1. The van der Waals surface area contributed by atoms with E-state index in [0.29, 0.717) is 25.8 Å². The zero-order valence-corrected chi connectivity index (χ0v) is 20.3. The summed E-state index contributed by atoms with van der Waals surface area (Å²) in [7, 11) is 0. The Kier molecular flexibility index (Phi) is 12.2. The third-order valence-corrected chi connectivity index (χ3v) is 5.01. The maximum atomic E-state index is 13.2. The van der Waals surface area contributed by atoms with E-state index < -0.39 is 47.5 Å². The maximum Gasteiger partial charge on any atom is 0.245 e. The smallest absolute Gasteiger partial charge is 0.245 e. The largest absolute Gasteiger partial charge is 0.368 e. The highest BCUT2D eigenvalue weighted by Crippen LogP contribution is 2.20. The molecule has 1 saturated heterocycles. The molecule has 14 nitrogen and oxygen atoms in total. The molecule has 35 heavy (non-hydrogen) atoms. The minimum Gasteiger partial charge on any atom is -0.368 e. The molecular formula is C21H35N7O7. The van der Waals surface area contributed by atoms with Crippen LogP contribution >= 0.6 is 0 Å². The van der Waals surface area contributed by atoms with E-state index in [-0.39, 0.29) is 38.0 Å². The number of rotatable bonds is 13. The molecule has 1 heterocycles. The lowest BCUT2D eigenvalue weighted by molar-refractivity contribution is -0.142. The second-order valence-electron chi connectivity index (χ2n) is 8.59. The minimum atomic E-state index is -0.915. The molecule has 0 bridgehead atoms. The van der Waals surface area contributed by atoms with Gasteiger partial charge in [-0.1, -0.05) is 13.8 Å². The minimum absolute atomic E-state index is 0.0439. The lowest BCUT2D eigenvalue weighted by Crippen LogP contribution is -2.55. The van der Waals surface area contributed by atoms with Gasteiger partial charge in [-0.05, 0) is 25.2 Å². The first kappa shape index (κ1) is 29.3. The quantitative estimate of drug-likeness (QED) is 0.151. The Morgan fingerprint density at radius 1 is 0.857 bits per heavy atom. The van der Waals surface area contributed by atoms with E-state index in [1.165, 1.54) is 11.8 Å². The average Bonchev–Trinajstić information content (AvgIpc) is 3.27. The number of hydrogen-bond acceptors (Lipinski definition) is 7. The number of hydrogen-bond donors (Lipinski definition) is 6. The summed E-state index contributed by atoms with van der Waals surface area (Å²) in [5, 5.41) is 12.0. The molecule has 2 atom stereocenters. The SMILES string of the molecule is CC(=O)NCC(=O)NCC(=O)N[C@@H](CC(C)C)C(=O)N1CCC[C@H]1C(=O)NCC(=O)NCC(N)=O.